The van der Waals surface area contributed by atoms with Gasteiger partial charge >= 0.3 is 5.97 Å². The minimum Gasteiger partial charge on any atom is -0.481 e. The lowest BCUT2D eigenvalue weighted by molar-refractivity contribution is -0.190. The summed E-state index contributed by atoms with van der Waals surface area (Å²) in [7, 11) is 0. The Morgan fingerprint density at radius 3 is 2.33 bits per heavy atom. The summed E-state index contributed by atoms with van der Waals surface area (Å²) in [6.45, 7) is 11.7. The predicted molar refractivity (Wildman–Crippen MR) is 129 cm³/mol. The number of hydrogen-bond donors (Lipinski definition) is 3. The highest BCUT2D eigenvalue weighted by atomic mass is 16.4. The monoisotopic (exact) mass is 458 g/mol. The molecule has 0 aromatic rings. The van der Waals surface area contributed by atoms with Gasteiger partial charge < -0.3 is 15.3 Å². The quantitative estimate of drug-likeness (QED) is 0.456. The van der Waals surface area contributed by atoms with Gasteiger partial charge in [0.1, 0.15) is 0 Å². The van der Waals surface area contributed by atoms with Gasteiger partial charge in [-0.25, -0.2) is 0 Å². The fourth-order valence-corrected chi connectivity index (χ4v) is 10.2. The van der Waals surface area contributed by atoms with Gasteiger partial charge in [0.25, 0.3) is 0 Å². The van der Waals surface area contributed by atoms with Crippen LogP contribution in [0.3, 0.4) is 0 Å². The van der Waals surface area contributed by atoms with Gasteiger partial charge in [0.15, 0.2) is 0 Å². The molecule has 0 amide bonds. The van der Waals surface area contributed by atoms with Crippen LogP contribution >= 0.6 is 0 Å². The molecule has 186 valence electrons. The third-order valence-electron chi connectivity index (χ3n) is 12.4. The van der Waals surface area contributed by atoms with E-state index >= 15 is 0 Å². The van der Waals surface area contributed by atoms with Crippen molar-refractivity contribution < 1.29 is 20.1 Å². The molecule has 0 spiro atoms. The highest BCUT2D eigenvalue weighted by Crippen LogP contribution is 2.71. The van der Waals surface area contributed by atoms with Gasteiger partial charge in [0.05, 0.1) is 18.1 Å². The molecular weight excluding hydrogens is 412 g/mol. The van der Waals surface area contributed by atoms with E-state index in [2.05, 4.69) is 40.7 Å². The maximum Gasteiger partial charge on any atom is 0.310 e. The molecule has 4 nitrogen and oxygen atoms in total. The number of allylic oxidation sites excluding steroid dienone is 2. The van der Waals surface area contributed by atoms with Crippen LogP contribution in [0.2, 0.25) is 0 Å². The molecule has 4 saturated carbocycles. The van der Waals surface area contributed by atoms with Crippen molar-refractivity contribution in [3.63, 3.8) is 0 Å². The minimum absolute atomic E-state index is 0.0580. The summed E-state index contributed by atoms with van der Waals surface area (Å²) < 4.78 is 0. The summed E-state index contributed by atoms with van der Waals surface area (Å²) in [5.41, 5.74) is 0.900. The molecule has 0 aliphatic heterocycles. The number of hydrogen-bond acceptors (Lipinski definition) is 3. The first-order valence-electron chi connectivity index (χ1n) is 13.6. The zero-order chi connectivity index (χ0) is 24.0. The van der Waals surface area contributed by atoms with Gasteiger partial charge in [-0.2, -0.15) is 0 Å². The summed E-state index contributed by atoms with van der Waals surface area (Å²) in [5, 5.41) is 31.6. The van der Waals surface area contributed by atoms with Gasteiger partial charge in [-0.05, 0) is 104 Å². The molecule has 3 N–H and O–H groups in total. The van der Waals surface area contributed by atoms with Gasteiger partial charge in [-0.3, -0.25) is 4.79 Å². The number of carboxylic acid groups (broad SMARTS) is 1. The lowest BCUT2D eigenvalue weighted by atomic mass is 9.38. The molecule has 0 aromatic carbocycles. The Labute approximate surface area is 200 Å². The van der Waals surface area contributed by atoms with E-state index in [1.165, 1.54) is 5.57 Å². The van der Waals surface area contributed by atoms with E-state index in [1.807, 2.05) is 0 Å². The average Bonchev–Trinajstić information content (AvgIpc) is 2.75. The third-order valence-corrected chi connectivity index (χ3v) is 12.4. The summed E-state index contributed by atoms with van der Waals surface area (Å²) in [4.78, 5) is 12.7. The van der Waals surface area contributed by atoms with Crippen LogP contribution in [-0.4, -0.2) is 34.0 Å². The Kier molecular flexibility index (Phi) is 5.29. The number of fused-ring (bicyclic) bond motifs is 7. The molecule has 0 aromatic heterocycles. The van der Waals surface area contributed by atoms with Crippen molar-refractivity contribution in [1.29, 1.82) is 0 Å². The lowest BCUT2D eigenvalue weighted by Crippen LogP contribution is -2.62. The first-order chi connectivity index (χ1) is 15.3. The molecule has 33 heavy (non-hydrogen) atoms. The molecule has 9 unspecified atom stereocenters. The largest absolute Gasteiger partial charge is 0.481 e. The Hall–Kier alpha value is -0.870. The highest BCUT2D eigenvalue weighted by Gasteiger charge is 2.65. The van der Waals surface area contributed by atoms with Crippen LogP contribution in [0.25, 0.3) is 0 Å². The number of aliphatic hydroxyl groups excluding tert-OH is 2. The van der Waals surface area contributed by atoms with Crippen molar-refractivity contribution >= 4 is 5.97 Å². The van der Waals surface area contributed by atoms with Crippen molar-refractivity contribution in [2.45, 2.75) is 105 Å². The SMILES string of the molecule is CC1(C)CCC2(C(=O)O)CCC3(C)C(=CCC4C3CCC3C(C)(CO)C(O)CCC43C)C2C1. The van der Waals surface area contributed by atoms with Crippen molar-refractivity contribution in [3.8, 4) is 0 Å². The molecule has 0 saturated heterocycles. The smallest absolute Gasteiger partial charge is 0.310 e. The Bertz CT molecular complexity index is 862. The fraction of sp³-hybridized carbons (Fsp3) is 0.897. The zero-order valence-electron chi connectivity index (χ0n) is 21.5. The van der Waals surface area contributed by atoms with Crippen LogP contribution in [0.1, 0.15) is 98.8 Å². The van der Waals surface area contributed by atoms with Crippen LogP contribution in [-0.2, 0) is 4.79 Å². The van der Waals surface area contributed by atoms with Crippen molar-refractivity contribution in [2.24, 2.45) is 50.7 Å². The van der Waals surface area contributed by atoms with Gasteiger partial charge in [0, 0.05) is 5.41 Å². The first kappa shape index (κ1) is 23.9. The molecule has 5 aliphatic rings. The Balaban J connectivity index is 1.55. The Morgan fingerprint density at radius 1 is 0.970 bits per heavy atom. The molecule has 4 heteroatoms. The average molecular weight is 459 g/mol. The molecular formula is C29H46O4. The summed E-state index contributed by atoms with van der Waals surface area (Å²) in [6.07, 6.45) is 11.7. The molecule has 0 bridgehead atoms. The second kappa shape index (κ2) is 7.32. The van der Waals surface area contributed by atoms with E-state index in [0.29, 0.717) is 17.8 Å². The molecule has 4 fully saturated rings. The summed E-state index contributed by atoms with van der Waals surface area (Å²) in [6, 6.07) is 0. The van der Waals surface area contributed by atoms with Crippen molar-refractivity contribution in [2.75, 3.05) is 6.61 Å². The second-order valence-corrected chi connectivity index (χ2v) is 14.3. The van der Waals surface area contributed by atoms with Crippen molar-refractivity contribution in [1.82, 2.24) is 0 Å². The van der Waals surface area contributed by atoms with Crippen LogP contribution in [0.4, 0.5) is 0 Å². The number of aliphatic carboxylic acids is 1. The topological polar surface area (TPSA) is 77.8 Å². The van der Waals surface area contributed by atoms with Crippen molar-refractivity contribution in [3.05, 3.63) is 11.6 Å². The van der Waals surface area contributed by atoms with E-state index in [4.69, 9.17) is 0 Å². The second-order valence-electron chi connectivity index (χ2n) is 14.3. The molecule has 0 radical (unpaired) electrons. The van der Waals surface area contributed by atoms with Gasteiger partial charge in [-0.1, -0.05) is 46.3 Å². The summed E-state index contributed by atoms with van der Waals surface area (Å²) >= 11 is 0. The third kappa shape index (κ3) is 3.05. The fourth-order valence-electron chi connectivity index (χ4n) is 10.2. The van der Waals surface area contributed by atoms with Gasteiger partial charge in [-0.15, -0.1) is 0 Å². The van der Waals surface area contributed by atoms with E-state index < -0.39 is 22.9 Å². The van der Waals surface area contributed by atoms with Crippen LogP contribution in [0, 0.1) is 50.7 Å². The minimum atomic E-state index is -0.570. The number of carbonyl (C=O) groups is 1. The van der Waals surface area contributed by atoms with Crippen LogP contribution in [0.15, 0.2) is 11.6 Å². The van der Waals surface area contributed by atoms with E-state index in [-0.39, 0.29) is 28.8 Å². The predicted octanol–water partition coefficient (Wildman–Crippen LogP) is 5.82. The van der Waals surface area contributed by atoms with Gasteiger partial charge in [0.2, 0.25) is 0 Å². The molecule has 0 heterocycles. The van der Waals surface area contributed by atoms with E-state index in [0.717, 1.165) is 64.2 Å². The first-order valence-corrected chi connectivity index (χ1v) is 13.6. The summed E-state index contributed by atoms with van der Waals surface area (Å²) in [5.74, 6) is 1.07. The van der Waals surface area contributed by atoms with Crippen LogP contribution < -0.4 is 0 Å². The molecule has 9 atom stereocenters. The molecule has 5 aliphatic carbocycles. The van der Waals surface area contributed by atoms with Crippen LogP contribution in [0.5, 0.6) is 0 Å². The number of aliphatic hydroxyl groups is 2. The standard InChI is InChI=1S/C29H46O4/c1-25(2)12-14-29(24(32)33)15-13-26(3)18-8-9-22-27(4,11-10-23(31)28(22,5)17-30)19(18)6-7-20(26)21(29)16-25/h7,18-19,21-23,30-31H,6,8-17H2,1-5H3,(H,32,33). The normalized spacial score (nSPS) is 53.1. The highest BCUT2D eigenvalue weighted by molar-refractivity contribution is 5.76. The molecule has 5 rings (SSSR count). The lowest BCUT2D eigenvalue weighted by Gasteiger charge is -2.67. The van der Waals surface area contributed by atoms with E-state index in [9.17, 15) is 20.1 Å². The number of rotatable bonds is 2. The number of carboxylic acids is 1. The Morgan fingerprint density at radius 2 is 1.67 bits per heavy atom. The maximum absolute atomic E-state index is 12.7. The maximum atomic E-state index is 12.7. The van der Waals surface area contributed by atoms with E-state index in [1.54, 1.807) is 0 Å². The zero-order valence-corrected chi connectivity index (χ0v) is 21.5.